The van der Waals surface area contributed by atoms with Crippen LogP contribution in [0.2, 0.25) is 0 Å². The molecule has 0 spiro atoms. The Morgan fingerprint density at radius 3 is 2.55 bits per heavy atom. The van der Waals surface area contributed by atoms with Crippen molar-refractivity contribution in [2.75, 3.05) is 31.2 Å². The lowest BCUT2D eigenvalue weighted by Crippen LogP contribution is -2.37. The summed E-state index contributed by atoms with van der Waals surface area (Å²) in [6.07, 6.45) is 0.703. The van der Waals surface area contributed by atoms with E-state index >= 15 is 0 Å². The summed E-state index contributed by atoms with van der Waals surface area (Å²) in [6.45, 7) is 3.17. The lowest BCUT2D eigenvalue weighted by molar-refractivity contribution is 0.0363. The number of aliphatic hydroxyl groups excluding tert-OH is 2. The van der Waals surface area contributed by atoms with Crippen molar-refractivity contribution in [2.24, 2.45) is 5.73 Å². The van der Waals surface area contributed by atoms with Crippen molar-refractivity contribution in [3.8, 4) is 0 Å². The van der Waals surface area contributed by atoms with Gasteiger partial charge in [-0.05, 0) is 18.1 Å². The van der Waals surface area contributed by atoms with E-state index in [9.17, 15) is 10.2 Å². The van der Waals surface area contributed by atoms with E-state index in [-0.39, 0.29) is 5.92 Å². The Morgan fingerprint density at radius 2 is 2.00 bits per heavy atom. The SMILES string of the molecule is N[C@H]1[C@H](O)[C@H](O)C[C@H]1c1ccc(N2CCOCC2)nc1. The van der Waals surface area contributed by atoms with Crippen LogP contribution in [0.4, 0.5) is 5.82 Å². The van der Waals surface area contributed by atoms with Gasteiger partial charge in [-0.1, -0.05) is 6.07 Å². The van der Waals surface area contributed by atoms with E-state index in [4.69, 9.17) is 10.5 Å². The van der Waals surface area contributed by atoms with Gasteiger partial charge in [0.15, 0.2) is 0 Å². The van der Waals surface area contributed by atoms with Crippen LogP contribution in [0.15, 0.2) is 18.3 Å². The van der Waals surface area contributed by atoms with Crippen LogP contribution < -0.4 is 10.6 Å². The predicted octanol–water partition coefficient (Wildman–Crippen LogP) is -0.545. The van der Waals surface area contributed by atoms with Crippen molar-refractivity contribution in [3.63, 3.8) is 0 Å². The van der Waals surface area contributed by atoms with E-state index in [1.807, 2.05) is 12.1 Å². The molecule has 4 N–H and O–H groups in total. The molecule has 0 aromatic carbocycles. The topological polar surface area (TPSA) is 91.8 Å². The summed E-state index contributed by atoms with van der Waals surface area (Å²) >= 11 is 0. The largest absolute Gasteiger partial charge is 0.390 e. The fraction of sp³-hybridized carbons (Fsp3) is 0.643. The van der Waals surface area contributed by atoms with Gasteiger partial charge in [0, 0.05) is 31.2 Å². The Kier molecular flexibility index (Phi) is 3.89. The molecule has 6 nitrogen and oxygen atoms in total. The van der Waals surface area contributed by atoms with Gasteiger partial charge in [-0.15, -0.1) is 0 Å². The van der Waals surface area contributed by atoms with Crippen LogP contribution in [0.5, 0.6) is 0 Å². The van der Waals surface area contributed by atoms with Gasteiger partial charge in [0.2, 0.25) is 0 Å². The zero-order chi connectivity index (χ0) is 14.1. The van der Waals surface area contributed by atoms with E-state index < -0.39 is 18.2 Å². The number of rotatable bonds is 2. The lowest BCUT2D eigenvalue weighted by Gasteiger charge is -2.28. The summed E-state index contributed by atoms with van der Waals surface area (Å²) in [4.78, 5) is 6.67. The van der Waals surface area contributed by atoms with Gasteiger partial charge in [-0.2, -0.15) is 0 Å². The van der Waals surface area contributed by atoms with Gasteiger partial charge in [-0.25, -0.2) is 4.98 Å². The molecular formula is C14H21N3O3. The van der Waals surface area contributed by atoms with Crippen LogP contribution in [0, 0.1) is 0 Å². The third-order valence-electron chi connectivity index (χ3n) is 4.28. The molecule has 2 heterocycles. The molecule has 3 rings (SSSR count). The second kappa shape index (κ2) is 5.65. The molecule has 0 radical (unpaired) electrons. The maximum atomic E-state index is 9.74. The molecule has 1 saturated carbocycles. The molecule has 6 heteroatoms. The maximum Gasteiger partial charge on any atom is 0.128 e. The van der Waals surface area contributed by atoms with Gasteiger partial charge < -0.3 is 25.6 Å². The van der Waals surface area contributed by atoms with E-state index in [0.29, 0.717) is 6.42 Å². The Bertz CT molecular complexity index is 447. The van der Waals surface area contributed by atoms with Crippen LogP contribution in [0.25, 0.3) is 0 Å². The average Bonchev–Trinajstić information content (AvgIpc) is 2.76. The van der Waals surface area contributed by atoms with Gasteiger partial charge in [0.05, 0.1) is 25.4 Å². The molecule has 0 amide bonds. The lowest BCUT2D eigenvalue weighted by atomic mass is 9.95. The smallest absolute Gasteiger partial charge is 0.128 e. The number of anilines is 1. The summed E-state index contributed by atoms with van der Waals surface area (Å²) in [6, 6.07) is 3.54. The predicted molar refractivity (Wildman–Crippen MR) is 74.6 cm³/mol. The van der Waals surface area contributed by atoms with Gasteiger partial charge >= 0.3 is 0 Å². The molecular weight excluding hydrogens is 258 g/mol. The number of aliphatic hydroxyl groups is 2. The molecule has 110 valence electrons. The minimum absolute atomic E-state index is 0.0359. The van der Waals surface area contributed by atoms with Crippen molar-refractivity contribution in [1.82, 2.24) is 4.98 Å². The number of hydrogen-bond acceptors (Lipinski definition) is 6. The van der Waals surface area contributed by atoms with Crippen LogP contribution in [-0.4, -0.2) is 59.8 Å². The van der Waals surface area contributed by atoms with Crippen molar-refractivity contribution in [1.29, 1.82) is 0 Å². The number of nitrogens with zero attached hydrogens (tertiary/aromatic N) is 2. The van der Waals surface area contributed by atoms with E-state index in [1.54, 1.807) is 6.20 Å². The molecule has 1 aromatic rings. The van der Waals surface area contributed by atoms with Crippen LogP contribution >= 0.6 is 0 Å². The minimum atomic E-state index is -0.848. The first-order valence-electron chi connectivity index (χ1n) is 7.07. The number of aromatic nitrogens is 1. The fourth-order valence-electron chi connectivity index (χ4n) is 3.01. The molecule has 0 bridgehead atoms. The number of morpholine rings is 1. The highest BCUT2D eigenvalue weighted by Gasteiger charge is 2.40. The third-order valence-corrected chi connectivity index (χ3v) is 4.28. The van der Waals surface area contributed by atoms with Crippen LogP contribution in [0.3, 0.4) is 0 Å². The van der Waals surface area contributed by atoms with E-state index in [1.165, 1.54) is 0 Å². The molecule has 1 aromatic heterocycles. The van der Waals surface area contributed by atoms with Crippen LogP contribution in [-0.2, 0) is 4.74 Å². The normalized spacial score (nSPS) is 34.5. The van der Waals surface area contributed by atoms with Gasteiger partial charge in [-0.3, -0.25) is 0 Å². The standard InChI is InChI=1S/C14H21N3O3/c15-13-10(7-11(18)14(13)19)9-1-2-12(16-8-9)17-3-5-20-6-4-17/h1-2,8,10-11,13-14,18-19H,3-7,15H2/t10-,11+,13+,14+/m0/s1. The summed E-state index contributed by atoms with van der Waals surface area (Å²) in [7, 11) is 0. The Hall–Kier alpha value is -1.21. The van der Waals surface area contributed by atoms with Gasteiger partial charge in [0.25, 0.3) is 0 Å². The van der Waals surface area contributed by atoms with E-state index in [2.05, 4.69) is 9.88 Å². The zero-order valence-corrected chi connectivity index (χ0v) is 11.4. The average molecular weight is 279 g/mol. The molecule has 1 aliphatic heterocycles. The first-order chi connectivity index (χ1) is 9.66. The molecule has 1 aliphatic carbocycles. The minimum Gasteiger partial charge on any atom is -0.390 e. The highest BCUT2D eigenvalue weighted by Crippen LogP contribution is 2.34. The molecule has 0 unspecified atom stereocenters. The molecule has 4 atom stereocenters. The quantitative estimate of drug-likeness (QED) is 0.673. The molecule has 20 heavy (non-hydrogen) atoms. The summed E-state index contributed by atoms with van der Waals surface area (Å²) < 4.78 is 5.32. The van der Waals surface area contributed by atoms with Crippen molar-refractivity contribution >= 4 is 5.82 Å². The molecule has 1 saturated heterocycles. The van der Waals surface area contributed by atoms with E-state index in [0.717, 1.165) is 37.7 Å². The number of pyridine rings is 1. The van der Waals surface area contributed by atoms with Crippen molar-refractivity contribution < 1.29 is 14.9 Å². The van der Waals surface area contributed by atoms with Gasteiger partial charge in [0.1, 0.15) is 5.82 Å². The molecule has 2 aliphatic rings. The molecule has 2 fully saturated rings. The number of nitrogens with two attached hydrogens (primary N) is 1. The second-order valence-corrected chi connectivity index (χ2v) is 5.53. The first-order valence-corrected chi connectivity index (χ1v) is 7.07. The summed E-state index contributed by atoms with van der Waals surface area (Å²) in [5.74, 6) is 0.899. The zero-order valence-electron chi connectivity index (χ0n) is 11.4. The first kappa shape index (κ1) is 13.8. The van der Waals surface area contributed by atoms with Crippen molar-refractivity contribution in [2.45, 2.75) is 30.6 Å². The highest BCUT2D eigenvalue weighted by molar-refractivity contribution is 5.40. The monoisotopic (exact) mass is 279 g/mol. The Morgan fingerprint density at radius 1 is 1.25 bits per heavy atom. The highest BCUT2D eigenvalue weighted by atomic mass is 16.5. The number of hydrogen-bond donors (Lipinski definition) is 3. The Balaban J connectivity index is 1.73. The maximum absolute atomic E-state index is 9.74. The summed E-state index contributed by atoms with van der Waals surface area (Å²) in [5.41, 5.74) is 6.94. The van der Waals surface area contributed by atoms with Crippen molar-refractivity contribution in [3.05, 3.63) is 23.9 Å². The third kappa shape index (κ3) is 2.52. The van der Waals surface area contributed by atoms with Crippen LogP contribution in [0.1, 0.15) is 17.9 Å². The fourth-order valence-corrected chi connectivity index (χ4v) is 3.01. The second-order valence-electron chi connectivity index (χ2n) is 5.53. The summed E-state index contributed by atoms with van der Waals surface area (Å²) in [5, 5.41) is 19.4. The number of ether oxygens (including phenoxy) is 1. The Labute approximate surface area is 118 Å².